The van der Waals surface area contributed by atoms with Crippen molar-refractivity contribution < 1.29 is 9.53 Å². The van der Waals surface area contributed by atoms with Crippen LogP contribution in [-0.2, 0) is 9.53 Å². The Morgan fingerprint density at radius 3 is 2.53 bits per heavy atom. The van der Waals surface area contributed by atoms with Crippen LogP contribution in [0.1, 0.15) is 19.4 Å². The molecule has 0 aliphatic heterocycles. The van der Waals surface area contributed by atoms with E-state index >= 15 is 0 Å². The van der Waals surface area contributed by atoms with Crippen LogP contribution in [0.15, 0.2) is 18.2 Å². The minimum Gasteiger partial charge on any atom is -0.467 e. The zero-order valence-corrected chi connectivity index (χ0v) is 12.6. The van der Waals surface area contributed by atoms with Crippen LogP contribution in [-0.4, -0.2) is 24.1 Å². The van der Waals surface area contributed by atoms with E-state index in [1.54, 1.807) is 18.2 Å². The maximum Gasteiger partial charge on any atom is 0.328 e. The maximum absolute atomic E-state index is 11.7. The largest absolute Gasteiger partial charge is 0.467 e. The summed E-state index contributed by atoms with van der Waals surface area (Å²) in [6.45, 7) is 3.86. The van der Waals surface area contributed by atoms with Crippen LogP contribution in [0.5, 0.6) is 0 Å². The predicted octanol–water partition coefficient (Wildman–Crippen LogP) is 2.58. The molecule has 0 bridgehead atoms. The third-order valence-corrected chi connectivity index (χ3v) is 3.21. The highest BCUT2D eigenvalue weighted by Gasteiger charge is 2.22. The van der Waals surface area contributed by atoms with Crippen molar-refractivity contribution in [3.63, 3.8) is 0 Å². The standard InChI is InChI=1S/C13H17ClN2O2S/c1-7(2)11(13(17)18-3)16-8-4-5-9(12(15)19)10(14)6-8/h4-7,11,16H,1-3H3,(H2,15,19). The Balaban J connectivity index is 2.95. The number of benzene rings is 1. The number of anilines is 1. The average Bonchev–Trinajstić information content (AvgIpc) is 2.34. The van der Waals surface area contributed by atoms with Gasteiger partial charge in [0.05, 0.1) is 12.1 Å². The number of rotatable bonds is 5. The van der Waals surface area contributed by atoms with Gasteiger partial charge in [0.15, 0.2) is 0 Å². The summed E-state index contributed by atoms with van der Waals surface area (Å²) in [5, 5.41) is 3.54. The van der Waals surface area contributed by atoms with Gasteiger partial charge in [-0.3, -0.25) is 0 Å². The number of hydrogen-bond donors (Lipinski definition) is 2. The molecule has 1 aromatic carbocycles. The first kappa shape index (κ1) is 15.7. The van der Waals surface area contributed by atoms with Crippen LogP contribution >= 0.6 is 23.8 Å². The molecule has 1 unspecified atom stereocenters. The number of nitrogens with one attached hydrogen (secondary N) is 1. The van der Waals surface area contributed by atoms with Gasteiger partial charge in [-0.15, -0.1) is 0 Å². The van der Waals surface area contributed by atoms with Gasteiger partial charge in [0.2, 0.25) is 0 Å². The Labute approximate surface area is 123 Å². The molecule has 0 fully saturated rings. The van der Waals surface area contributed by atoms with Gasteiger partial charge < -0.3 is 15.8 Å². The van der Waals surface area contributed by atoms with Gasteiger partial charge >= 0.3 is 5.97 Å². The first-order valence-electron chi connectivity index (χ1n) is 5.80. The van der Waals surface area contributed by atoms with Gasteiger partial charge in [-0.05, 0) is 24.1 Å². The van der Waals surface area contributed by atoms with Crippen LogP contribution in [0.25, 0.3) is 0 Å². The lowest BCUT2D eigenvalue weighted by Gasteiger charge is -2.21. The molecule has 0 radical (unpaired) electrons. The Bertz CT molecular complexity index is 492. The molecule has 0 aliphatic rings. The van der Waals surface area contributed by atoms with Crippen LogP contribution < -0.4 is 11.1 Å². The molecule has 0 aromatic heterocycles. The van der Waals surface area contributed by atoms with E-state index in [2.05, 4.69) is 5.32 Å². The highest BCUT2D eigenvalue weighted by molar-refractivity contribution is 7.80. The van der Waals surface area contributed by atoms with Gasteiger partial charge in [0, 0.05) is 11.3 Å². The van der Waals surface area contributed by atoms with Crippen molar-refractivity contribution in [2.24, 2.45) is 11.7 Å². The molecule has 0 saturated heterocycles. The van der Waals surface area contributed by atoms with E-state index in [9.17, 15) is 4.79 Å². The summed E-state index contributed by atoms with van der Waals surface area (Å²) in [5.41, 5.74) is 6.87. The summed E-state index contributed by atoms with van der Waals surface area (Å²) >= 11 is 11.0. The zero-order valence-electron chi connectivity index (χ0n) is 11.1. The van der Waals surface area contributed by atoms with E-state index in [1.807, 2.05) is 13.8 Å². The molecule has 3 N–H and O–H groups in total. The summed E-state index contributed by atoms with van der Waals surface area (Å²) in [6, 6.07) is 4.76. The van der Waals surface area contributed by atoms with Crippen LogP contribution in [0, 0.1) is 5.92 Å². The quantitative estimate of drug-likeness (QED) is 0.646. The SMILES string of the molecule is COC(=O)C(Nc1ccc(C(N)=S)c(Cl)c1)C(C)C. The van der Waals surface area contributed by atoms with Crippen molar-refractivity contribution in [1.82, 2.24) is 0 Å². The molecule has 1 atom stereocenters. The van der Waals surface area contributed by atoms with Crippen molar-refractivity contribution in [1.29, 1.82) is 0 Å². The molecule has 0 heterocycles. The van der Waals surface area contributed by atoms with E-state index in [0.29, 0.717) is 16.3 Å². The molecule has 1 aromatic rings. The van der Waals surface area contributed by atoms with Crippen molar-refractivity contribution in [2.45, 2.75) is 19.9 Å². The molecule has 4 nitrogen and oxygen atoms in total. The fourth-order valence-corrected chi connectivity index (χ4v) is 2.13. The molecule has 0 aliphatic carbocycles. The zero-order chi connectivity index (χ0) is 14.6. The molecule has 0 saturated carbocycles. The molecular formula is C13H17ClN2O2S. The lowest BCUT2D eigenvalue weighted by molar-refractivity contribution is -0.142. The van der Waals surface area contributed by atoms with E-state index in [4.69, 9.17) is 34.3 Å². The number of esters is 1. The average molecular weight is 301 g/mol. The lowest BCUT2D eigenvalue weighted by atomic mass is 10.0. The number of thiocarbonyl (C=S) groups is 1. The summed E-state index contributed by atoms with van der Waals surface area (Å²) in [4.78, 5) is 11.9. The van der Waals surface area contributed by atoms with E-state index in [-0.39, 0.29) is 16.9 Å². The van der Waals surface area contributed by atoms with Gasteiger partial charge in [-0.25, -0.2) is 4.79 Å². The summed E-state index contributed by atoms with van der Waals surface area (Å²) in [7, 11) is 1.36. The van der Waals surface area contributed by atoms with E-state index in [1.165, 1.54) is 7.11 Å². The van der Waals surface area contributed by atoms with Crippen molar-refractivity contribution in [2.75, 3.05) is 12.4 Å². The van der Waals surface area contributed by atoms with Crippen LogP contribution in [0.2, 0.25) is 5.02 Å². The summed E-state index contributed by atoms with van der Waals surface area (Å²) in [6.07, 6.45) is 0. The van der Waals surface area contributed by atoms with Crippen molar-refractivity contribution in [3.05, 3.63) is 28.8 Å². The molecule has 6 heteroatoms. The van der Waals surface area contributed by atoms with Crippen LogP contribution in [0.3, 0.4) is 0 Å². The van der Waals surface area contributed by atoms with Gasteiger partial charge in [0.25, 0.3) is 0 Å². The second-order valence-corrected chi connectivity index (χ2v) is 5.30. The summed E-state index contributed by atoms with van der Waals surface area (Å²) < 4.78 is 4.76. The second-order valence-electron chi connectivity index (χ2n) is 4.45. The highest BCUT2D eigenvalue weighted by atomic mass is 35.5. The van der Waals surface area contributed by atoms with Gasteiger partial charge in [0.1, 0.15) is 11.0 Å². The molecular weight excluding hydrogens is 284 g/mol. The van der Waals surface area contributed by atoms with E-state index in [0.717, 1.165) is 0 Å². The van der Waals surface area contributed by atoms with Crippen molar-refractivity contribution >= 4 is 40.5 Å². The number of hydrogen-bond acceptors (Lipinski definition) is 4. The predicted molar refractivity (Wildman–Crippen MR) is 81.6 cm³/mol. The number of carbonyl (C=O) groups is 1. The number of nitrogens with two attached hydrogens (primary N) is 1. The molecule has 0 spiro atoms. The Hall–Kier alpha value is -1.33. The highest BCUT2D eigenvalue weighted by Crippen LogP contribution is 2.22. The normalized spacial score (nSPS) is 12.1. The Kier molecular flexibility index (Phi) is 5.57. The maximum atomic E-state index is 11.7. The summed E-state index contributed by atoms with van der Waals surface area (Å²) in [5.74, 6) is -0.231. The molecule has 19 heavy (non-hydrogen) atoms. The fourth-order valence-electron chi connectivity index (χ4n) is 1.61. The third-order valence-electron chi connectivity index (χ3n) is 2.68. The van der Waals surface area contributed by atoms with Crippen molar-refractivity contribution in [3.8, 4) is 0 Å². The number of halogens is 1. The number of carbonyl (C=O) groups excluding carboxylic acids is 1. The number of methoxy groups -OCH3 is 1. The smallest absolute Gasteiger partial charge is 0.328 e. The monoisotopic (exact) mass is 300 g/mol. The second kappa shape index (κ2) is 6.73. The Morgan fingerprint density at radius 1 is 1.47 bits per heavy atom. The lowest BCUT2D eigenvalue weighted by Crippen LogP contribution is -2.35. The minimum atomic E-state index is -0.434. The Morgan fingerprint density at radius 2 is 2.11 bits per heavy atom. The number of ether oxygens (including phenoxy) is 1. The van der Waals surface area contributed by atoms with Gasteiger partial charge in [-0.2, -0.15) is 0 Å². The topological polar surface area (TPSA) is 64.3 Å². The van der Waals surface area contributed by atoms with E-state index < -0.39 is 6.04 Å². The first-order chi connectivity index (χ1) is 8.86. The van der Waals surface area contributed by atoms with Gasteiger partial charge in [-0.1, -0.05) is 37.7 Å². The fraction of sp³-hybridized carbons (Fsp3) is 0.385. The molecule has 104 valence electrons. The van der Waals surface area contributed by atoms with Crippen LogP contribution in [0.4, 0.5) is 5.69 Å². The third kappa shape index (κ3) is 4.08. The first-order valence-corrected chi connectivity index (χ1v) is 6.59. The molecule has 0 amide bonds. The molecule has 1 rings (SSSR count). The minimum absolute atomic E-state index is 0.0847.